The summed E-state index contributed by atoms with van der Waals surface area (Å²) in [5.74, 6) is -0.846. The number of carbonyl (C=O) groups excluding carboxylic acids is 1. The van der Waals surface area contributed by atoms with Crippen molar-refractivity contribution in [1.29, 1.82) is 0 Å². The number of benzene rings is 1. The second kappa shape index (κ2) is 5.43. The number of allylic oxidation sites excluding steroid dienone is 1. The normalized spacial score (nSPS) is 11.6. The van der Waals surface area contributed by atoms with Crippen LogP contribution in [-0.2, 0) is 15.0 Å². The van der Waals surface area contributed by atoms with E-state index in [1.54, 1.807) is 32.1 Å². The third-order valence-electron chi connectivity index (χ3n) is 2.71. The molecule has 0 aromatic heterocycles. The third-order valence-corrected chi connectivity index (χ3v) is 2.71. The standard InChI is InChI=1S/C14H16O3/c1-14(2,13(16)17)12-8-6-11(7-9-12)5-3-4-10-15/h3,5-10H,4H2,1-2H3,(H,16,17). The molecule has 0 amide bonds. The third kappa shape index (κ3) is 3.28. The van der Waals surface area contributed by atoms with Crippen LogP contribution >= 0.6 is 0 Å². The van der Waals surface area contributed by atoms with Gasteiger partial charge in [0.05, 0.1) is 5.41 Å². The van der Waals surface area contributed by atoms with E-state index in [1.807, 2.05) is 18.2 Å². The van der Waals surface area contributed by atoms with E-state index in [0.717, 1.165) is 17.4 Å². The predicted molar refractivity (Wildman–Crippen MR) is 66.8 cm³/mol. The van der Waals surface area contributed by atoms with Crippen molar-refractivity contribution < 1.29 is 14.7 Å². The van der Waals surface area contributed by atoms with E-state index in [4.69, 9.17) is 5.11 Å². The number of carbonyl (C=O) groups is 2. The van der Waals surface area contributed by atoms with Gasteiger partial charge in [0.1, 0.15) is 6.29 Å². The topological polar surface area (TPSA) is 54.4 Å². The van der Waals surface area contributed by atoms with Crippen LogP contribution in [0.25, 0.3) is 6.08 Å². The lowest BCUT2D eigenvalue weighted by atomic mass is 9.84. The summed E-state index contributed by atoms with van der Waals surface area (Å²) in [7, 11) is 0. The van der Waals surface area contributed by atoms with Crippen molar-refractivity contribution in [3.8, 4) is 0 Å². The largest absolute Gasteiger partial charge is 0.481 e. The van der Waals surface area contributed by atoms with Gasteiger partial charge in [0.25, 0.3) is 0 Å². The molecule has 0 spiro atoms. The maximum absolute atomic E-state index is 11.1. The summed E-state index contributed by atoms with van der Waals surface area (Å²) in [4.78, 5) is 21.2. The lowest BCUT2D eigenvalue weighted by molar-refractivity contribution is -0.142. The van der Waals surface area contributed by atoms with Crippen molar-refractivity contribution in [3.63, 3.8) is 0 Å². The van der Waals surface area contributed by atoms with E-state index < -0.39 is 11.4 Å². The molecule has 0 aliphatic rings. The molecule has 0 aliphatic heterocycles. The number of carboxylic acid groups (broad SMARTS) is 1. The zero-order valence-electron chi connectivity index (χ0n) is 10.0. The van der Waals surface area contributed by atoms with E-state index in [-0.39, 0.29) is 0 Å². The number of rotatable bonds is 5. The van der Waals surface area contributed by atoms with Crippen LogP contribution in [0.2, 0.25) is 0 Å². The first-order valence-corrected chi connectivity index (χ1v) is 5.42. The van der Waals surface area contributed by atoms with Crippen LogP contribution in [0.15, 0.2) is 30.3 Å². The molecule has 0 heterocycles. The van der Waals surface area contributed by atoms with E-state index in [2.05, 4.69) is 0 Å². The second-order valence-corrected chi connectivity index (χ2v) is 4.36. The van der Waals surface area contributed by atoms with Gasteiger partial charge in [-0.3, -0.25) is 4.79 Å². The van der Waals surface area contributed by atoms with Gasteiger partial charge in [-0.15, -0.1) is 0 Å². The summed E-state index contributed by atoms with van der Waals surface area (Å²) < 4.78 is 0. The first-order valence-electron chi connectivity index (χ1n) is 5.42. The van der Waals surface area contributed by atoms with Crippen molar-refractivity contribution in [2.45, 2.75) is 25.7 Å². The summed E-state index contributed by atoms with van der Waals surface area (Å²) in [5, 5.41) is 9.08. The Morgan fingerprint density at radius 2 is 1.88 bits per heavy atom. The first kappa shape index (κ1) is 13.2. The number of aldehydes is 1. The van der Waals surface area contributed by atoms with Gasteiger partial charge in [0, 0.05) is 6.42 Å². The highest BCUT2D eigenvalue weighted by molar-refractivity contribution is 5.80. The molecule has 0 saturated heterocycles. The van der Waals surface area contributed by atoms with E-state index in [1.165, 1.54) is 0 Å². The fourth-order valence-corrected chi connectivity index (χ4v) is 1.39. The van der Waals surface area contributed by atoms with Crippen LogP contribution in [0.4, 0.5) is 0 Å². The Morgan fingerprint density at radius 3 is 2.35 bits per heavy atom. The van der Waals surface area contributed by atoms with Gasteiger partial charge in [-0.2, -0.15) is 0 Å². The van der Waals surface area contributed by atoms with Gasteiger partial charge in [0.2, 0.25) is 0 Å². The first-order chi connectivity index (χ1) is 7.98. The highest BCUT2D eigenvalue weighted by Crippen LogP contribution is 2.23. The summed E-state index contributed by atoms with van der Waals surface area (Å²) in [6, 6.07) is 7.30. The molecule has 0 fully saturated rings. The number of hydrogen-bond acceptors (Lipinski definition) is 2. The molecule has 3 heteroatoms. The SMILES string of the molecule is CC(C)(C(=O)O)c1ccc(C=CCC=O)cc1. The summed E-state index contributed by atoms with van der Waals surface area (Å²) in [6.07, 6.45) is 4.83. The Hall–Kier alpha value is -1.90. The van der Waals surface area contributed by atoms with E-state index in [9.17, 15) is 9.59 Å². The van der Waals surface area contributed by atoms with Crippen molar-refractivity contribution in [2.75, 3.05) is 0 Å². The number of aliphatic carboxylic acids is 1. The van der Waals surface area contributed by atoms with Crippen LogP contribution in [0, 0.1) is 0 Å². The molecule has 17 heavy (non-hydrogen) atoms. The van der Waals surface area contributed by atoms with Crippen molar-refractivity contribution >= 4 is 18.3 Å². The molecule has 0 atom stereocenters. The van der Waals surface area contributed by atoms with Crippen LogP contribution in [0.1, 0.15) is 31.4 Å². The summed E-state index contributed by atoms with van der Waals surface area (Å²) in [5.41, 5.74) is 0.833. The molecule has 0 radical (unpaired) electrons. The molecular formula is C14H16O3. The average molecular weight is 232 g/mol. The zero-order chi connectivity index (χ0) is 12.9. The molecule has 1 N–H and O–H groups in total. The Kier molecular flexibility index (Phi) is 4.21. The molecule has 1 aromatic rings. The average Bonchev–Trinajstić information content (AvgIpc) is 2.30. The Balaban J connectivity index is 2.88. The fourth-order valence-electron chi connectivity index (χ4n) is 1.39. The molecule has 1 rings (SSSR count). The van der Waals surface area contributed by atoms with Crippen LogP contribution in [-0.4, -0.2) is 17.4 Å². The molecule has 0 unspecified atom stereocenters. The minimum absolute atomic E-state index is 0.391. The van der Waals surface area contributed by atoms with Crippen molar-refractivity contribution in [3.05, 3.63) is 41.5 Å². The van der Waals surface area contributed by atoms with Crippen LogP contribution in [0.5, 0.6) is 0 Å². The minimum atomic E-state index is -0.884. The van der Waals surface area contributed by atoms with E-state index in [0.29, 0.717) is 6.42 Å². The molecule has 90 valence electrons. The fraction of sp³-hybridized carbons (Fsp3) is 0.286. The Labute approximate surface area is 101 Å². The quantitative estimate of drug-likeness (QED) is 0.794. The number of carboxylic acids is 1. The van der Waals surface area contributed by atoms with Gasteiger partial charge >= 0.3 is 5.97 Å². The number of hydrogen-bond donors (Lipinski definition) is 1. The van der Waals surface area contributed by atoms with Gasteiger partial charge < -0.3 is 9.90 Å². The van der Waals surface area contributed by atoms with Crippen LogP contribution < -0.4 is 0 Å². The molecule has 0 aliphatic carbocycles. The van der Waals surface area contributed by atoms with Gasteiger partial charge in [-0.05, 0) is 25.0 Å². The molecule has 0 saturated carbocycles. The molecule has 1 aromatic carbocycles. The van der Waals surface area contributed by atoms with Crippen molar-refractivity contribution in [1.82, 2.24) is 0 Å². The highest BCUT2D eigenvalue weighted by Gasteiger charge is 2.28. The lowest BCUT2D eigenvalue weighted by Crippen LogP contribution is -2.28. The maximum Gasteiger partial charge on any atom is 0.313 e. The van der Waals surface area contributed by atoms with E-state index >= 15 is 0 Å². The van der Waals surface area contributed by atoms with Gasteiger partial charge in [-0.1, -0.05) is 36.4 Å². The van der Waals surface area contributed by atoms with Gasteiger partial charge in [0.15, 0.2) is 0 Å². The van der Waals surface area contributed by atoms with Gasteiger partial charge in [-0.25, -0.2) is 0 Å². The lowest BCUT2D eigenvalue weighted by Gasteiger charge is -2.19. The molecule has 3 nitrogen and oxygen atoms in total. The Morgan fingerprint density at radius 1 is 1.29 bits per heavy atom. The Bertz CT molecular complexity index is 427. The second-order valence-electron chi connectivity index (χ2n) is 4.36. The predicted octanol–water partition coefficient (Wildman–Crippen LogP) is 2.65. The monoisotopic (exact) mass is 232 g/mol. The minimum Gasteiger partial charge on any atom is -0.481 e. The maximum atomic E-state index is 11.1. The highest BCUT2D eigenvalue weighted by atomic mass is 16.4. The molecular weight excluding hydrogens is 216 g/mol. The zero-order valence-corrected chi connectivity index (χ0v) is 10.0. The summed E-state index contributed by atoms with van der Waals surface area (Å²) >= 11 is 0. The van der Waals surface area contributed by atoms with Crippen LogP contribution in [0.3, 0.4) is 0 Å². The smallest absolute Gasteiger partial charge is 0.313 e. The summed E-state index contributed by atoms with van der Waals surface area (Å²) in [6.45, 7) is 3.35. The molecule has 0 bridgehead atoms. The van der Waals surface area contributed by atoms with Crippen molar-refractivity contribution in [2.24, 2.45) is 0 Å².